The number of aliphatic hydroxyl groups is 1. The van der Waals surface area contributed by atoms with E-state index < -0.39 is 0 Å². The summed E-state index contributed by atoms with van der Waals surface area (Å²) in [6, 6.07) is 0. The molecule has 0 radical (unpaired) electrons. The highest BCUT2D eigenvalue weighted by Gasteiger charge is 2.00. The minimum Gasteiger partial charge on any atom is -0.466 e. The van der Waals surface area contributed by atoms with Crippen LogP contribution in [0.5, 0.6) is 0 Å². The maximum absolute atomic E-state index is 11.0. The Balaban J connectivity index is 3.07. The van der Waals surface area contributed by atoms with Crippen molar-refractivity contribution in [2.75, 3.05) is 13.2 Å². The molecule has 0 aromatic carbocycles. The van der Waals surface area contributed by atoms with Gasteiger partial charge in [-0.05, 0) is 12.8 Å². The van der Waals surface area contributed by atoms with Gasteiger partial charge in [0.1, 0.15) is 0 Å². The first kappa shape index (κ1) is 13.4. The Hall–Kier alpha value is -0.570. The van der Waals surface area contributed by atoms with Gasteiger partial charge in [0, 0.05) is 13.0 Å². The van der Waals surface area contributed by atoms with Gasteiger partial charge in [0.25, 0.3) is 0 Å². The Bertz CT molecular complexity index is 134. The van der Waals surface area contributed by atoms with E-state index in [9.17, 15) is 4.79 Å². The molecule has 0 aromatic rings. The molecule has 0 unspecified atom stereocenters. The third-order valence-corrected chi connectivity index (χ3v) is 2.05. The molecule has 84 valence electrons. The Morgan fingerprint density at radius 2 is 1.86 bits per heavy atom. The molecule has 0 bridgehead atoms. The van der Waals surface area contributed by atoms with Crippen LogP contribution in [-0.2, 0) is 9.53 Å². The molecule has 0 saturated carbocycles. The van der Waals surface area contributed by atoms with Crippen molar-refractivity contribution in [2.24, 2.45) is 0 Å². The fourth-order valence-electron chi connectivity index (χ4n) is 1.19. The fourth-order valence-corrected chi connectivity index (χ4v) is 1.19. The van der Waals surface area contributed by atoms with E-state index in [1.165, 1.54) is 19.3 Å². The Morgan fingerprint density at radius 1 is 1.14 bits per heavy atom. The van der Waals surface area contributed by atoms with E-state index in [0.29, 0.717) is 19.4 Å². The van der Waals surface area contributed by atoms with Gasteiger partial charge >= 0.3 is 5.97 Å². The van der Waals surface area contributed by atoms with Crippen LogP contribution in [0.2, 0.25) is 0 Å². The summed E-state index contributed by atoms with van der Waals surface area (Å²) in [4.78, 5) is 11.0. The molecule has 3 nitrogen and oxygen atoms in total. The zero-order valence-electron chi connectivity index (χ0n) is 9.13. The standard InChI is InChI=1S/C11H22O3/c1-2-3-4-5-6-10-14-11(13)8-7-9-12/h12H,2-10H2,1H3. The van der Waals surface area contributed by atoms with Gasteiger partial charge in [0.05, 0.1) is 6.61 Å². The van der Waals surface area contributed by atoms with Crippen LogP contribution < -0.4 is 0 Å². The molecule has 0 aromatic heterocycles. The van der Waals surface area contributed by atoms with Crippen molar-refractivity contribution in [3.8, 4) is 0 Å². The van der Waals surface area contributed by atoms with E-state index in [2.05, 4.69) is 6.92 Å². The second-order valence-electron chi connectivity index (χ2n) is 3.46. The van der Waals surface area contributed by atoms with E-state index in [1.807, 2.05) is 0 Å². The smallest absolute Gasteiger partial charge is 0.305 e. The number of carbonyl (C=O) groups is 1. The first-order valence-electron chi connectivity index (χ1n) is 5.57. The van der Waals surface area contributed by atoms with Crippen LogP contribution in [0.3, 0.4) is 0 Å². The number of ether oxygens (including phenoxy) is 1. The summed E-state index contributed by atoms with van der Waals surface area (Å²) >= 11 is 0. The highest BCUT2D eigenvalue weighted by atomic mass is 16.5. The first-order chi connectivity index (χ1) is 6.81. The molecule has 0 amide bonds. The second-order valence-corrected chi connectivity index (χ2v) is 3.46. The van der Waals surface area contributed by atoms with Crippen LogP contribution in [0, 0.1) is 0 Å². The van der Waals surface area contributed by atoms with E-state index in [1.54, 1.807) is 0 Å². The van der Waals surface area contributed by atoms with Crippen LogP contribution in [0.1, 0.15) is 51.9 Å². The van der Waals surface area contributed by atoms with E-state index in [-0.39, 0.29) is 12.6 Å². The number of esters is 1. The van der Waals surface area contributed by atoms with E-state index in [0.717, 1.165) is 12.8 Å². The van der Waals surface area contributed by atoms with Crippen LogP contribution >= 0.6 is 0 Å². The van der Waals surface area contributed by atoms with Gasteiger partial charge in [-0.1, -0.05) is 32.6 Å². The second kappa shape index (κ2) is 10.5. The summed E-state index contributed by atoms with van der Waals surface area (Å²) in [5, 5.41) is 8.48. The van der Waals surface area contributed by atoms with Gasteiger partial charge in [-0.15, -0.1) is 0 Å². The molecule has 0 saturated heterocycles. The van der Waals surface area contributed by atoms with Crippen molar-refractivity contribution in [3.05, 3.63) is 0 Å². The van der Waals surface area contributed by atoms with Gasteiger partial charge in [0.15, 0.2) is 0 Å². The molecule has 0 spiro atoms. The lowest BCUT2D eigenvalue weighted by Crippen LogP contribution is -2.06. The number of carbonyl (C=O) groups excluding carboxylic acids is 1. The Morgan fingerprint density at radius 3 is 2.50 bits per heavy atom. The summed E-state index contributed by atoms with van der Waals surface area (Å²) in [6.07, 6.45) is 6.67. The molecule has 0 rings (SSSR count). The quantitative estimate of drug-likeness (QED) is 0.461. The normalized spacial score (nSPS) is 10.1. The number of rotatable bonds is 9. The maximum Gasteiger partial charge on any atom is 0.305 e. The van der Waals surface area contributed by atoms with Crippen LogP contribution in [0.4, 0.5) is 0 Å². The third kappa shape index (κ3) is 9.52. The Kier molecular flexibility index (Phi) is 10.1. The summed E-state index contributed by atoms with van der Waals surface area (Å²) in [5.41, 5.74) is 0. The molecule has 0 aliphatic carbocycles. The molecule has 0 aliphatic heterocycles. The topological polar surface area (TPSA) is 46.5 Å². The Labute approximate surface area is 86.5 Å². The fraction of sp³-hybridized carbons (Fsp3) is 0.909. The first-order valence-corrected chi connectivity index (χ1v) is 5.57. The van der Waals surface area contributed by atoms with Gasteiger partial charge in [-0.25, -0.2) is 0 Å². The maximum atomic E-state index is 11.0. The van der Waals surface area contributed by atoms with Crippen molar-refractivity contribution in [3.63, 3.8) is 0 Å². The lowest BCUT2D eigenvalue weighted by atomic mass is 10.2. The zero-order chi connectivity index (χ0) is 10.6. The van der Waals surface area contributed by atoms with Crippen molar-refractivity contribution >= 4 is 5.97 Å². The number of hydrogen-bond donors (Lipinski definition) is 1. The molecule has 14 heavy (non-hydrogen) atoms. The van der Waals surface area contributed by atoms with E-state index in [4.69, 9.17) is 9.84 Å². The number of unbranched alkanes of at least 4 members (excludes halogenated alkanes) is 4. The molecular formula is C11H22O3. The molecule has 0 fully saturated rings. The van der Waals surface area contributed by atoms with Crippen molar-refractivity contribution in [1.82, 2.24) is 0 Å². The molecular weight excluding hydrogens is 180 g/mol. The van der Waals surface area contributed by atoms with Gasteiger partial charge in [-0.3, -0.25) is 4.79 Å². The minimum atomic E-state index is -0.186. The summed E-state index contributed by atoms with van der Waals surface area (Å²) in [6.45, 7) is 2.77. The predicted octanol–water partition coefficient (Wildman–Crippen LogP) is 2.27. The minimum absolute atomic E-state index is 0.0611. The monoisotopic (exact) mass is 202 g/mol. The average Bonchev–Trinajstić information content (AvgIpc) is 2.20. The molecule has 1 N–H and O–H groups in total. The number of hydrogen-bond acceptors (Lipinski definition) is 3. The highest BCUT2D eigenvalue weighted by molar-refractivity contribution is 5.69. The van der Waals surface area contributed by atoms with Gasteiger partial charge < -0.3 is 9.84 Å². The summed E-state index contributed by atoms with van der Waals surface area (Å²) in [7, 11) is 0. The molecule has 3 heteroatoms. The zero-order valence-corrected chi connectivity index (χ0v) is 9.13. The largest absolute Gasteiger partial charge is 0.466 e. The molecule has 0 atom stereocenters. The van der Waals surface area contributed by atoms with Crippen molar-refractivity contribution in [1.29, 1.82) is 0 Å². The van der Waals surface area contributed by atoms with Gasteiger partial charge in [-0.2, -0.15) is 0 Å². The molecule has 0 heterocycles. The van der Waals surface area contributed by atoms with Crippen LogP contribution in [0.25, 0.3) is 0 Å². The van der Waals surface area contributed by atoms with Crippen LogP contribution in [0.15, 0.2) is 0 Å². The van der Waals surface area contributed by atoms with Crippen molar-refractivity contribution < 1.29 is 14.6 Å². The summed E-state index contributed by atoms with van der Waals surface area (Å²) < 4.78 is 4.97. The SMILES string of the molecule is CCCCCCCOC(=O)CCCO. The summed E-state index contributed by atoms with van der Waals surface area (Å²) in [5.74, 6) is -0.186. The van der Waals surface area contributed by atoms with E-state index >= 15 is 0 Å². The van der Waals surface area contributed by atoms with Crippen LogP contribution in [-0.4, -0.2) is 24.3 Å². The molecule has 0 aliphatic rings. The van der Waals surface area contributed by atoms with Crippen molar-refractivity contribution in [2.45, 2.75) is 51.9 Å². The predicted molar refractivity (Wildman–Crippen MR) is 56.0 cm³/mol. The number of aliphatic hydroxyl groups excluding tert-OH is 1. The highest BCUT2D eigenvalue weighted by Crippen LogP contribution is 2.03. The lowest BCUT2D eigenvalue weighted by Gasteiger charge is -2.03. The average molecular weight is 202 g/mol. The lowest BCUT2D eigenvalue weighted by molar-refractivity contribution is -0.144. The van der Waals surface area contributed by atoms with Gasteiger partial charge in [0.2, 0.25) is 0 Å². The third-order valence-electron chi connectivity index (χ3n) is 2.05.